The molecule has 110 valence electrons. The van der Waals surface area contributed by atoms with Crippen molar-refractivity contribution in [3.63, 3.8) is 0 Å². The van der Waals surface area contributed by atoms with Crippen molar-refractivity contribution in [3.8, 4) is 0 Å². The van der Waals surface area contributed by atoms with Crippen molar-refractivity contribution < 1.29 is 23.0 Å². The molecule has 2 N–H and O–H groups in total. The second-order valence-electron chi connectivity index (χ2n) is 3.70. The van der Waals surface area contributed by atoms with Gasteiger partial charge in [-0.3, -0.25) is 0 Å². The Morgan fingerprint density at radius 2 is 2.11 bits per heavy atom. The highest BCUT2D eigenvalue weighted by atomic mass is 32.2. The van der Waals surface area contributed by atoms with Crippen molar-refractivity contribution in [1.29, 1.82) is 0 Å². The predicted molar refractivity (Wildman–Crippen MR) is 73.0 cm³/mol. The highest BCUT2D eigenvalue weighted by Gasteiger charge is 2.15. The zero-order chi connectivity index (χ0) is 14.1. The number of hydrogen-bond donors (Lipinski definition) is 2. The molecule has 0 saturated heterocycles. The molecule has 1 rings (SSSR count). The molecule has 19 heavy (non-hydrogen) atoms. The Balaban J connectivity index is 2.38. The fourth-order valence-electron chi connectivity index (χ4n) is 1.31. The van der Waals surface area contributed by atoms with Crippen molar-refractivity contribution >= 4 is 21.4 Å². The number of aliphatic hydroxyl groups excluding tert-OH is 1. The van der Waals surface area contributed by atoms with Gasteiger partial charge < -0.3 is 14.6 Å². The van der Waals surface area contributed by atoms with Crippen LogP contribution in [0.3, 0.4) is 0 Å². The Hall–Kier alpha value is -0.510. The first-order chi connectivity index (χ1) is 9.10. The Morgan fingerprint density at radius 3 is 2.79 bits per heavy atom. The fraction of sp³-hybridized carbons (Fsp3) is 0.636. The fourth-order valence-corrected chi connectivity index (χ4v) is 3.71. The number of aliphatic hydroxyl groups is 1. The zero-order valence-corrected chi connectivity index (χ0v) is 12.4. The van der Waals surface area contributed by atoms with Crippen LogP contribution in [0.5, 0.6) is 0 Å². The summed E-state index contributed by atoms with van der Waals surface area (Å²) in [6.07, 6.45) is 0.473. The largest absolute Gasteiger partial charge is 0.396 e. The van der Waals surface area contributed by atoms with E-state index in [1.807, 2.05) is 0 Å². The van der Waals surface area contributed by atoms with Crippen LogP contribution in [-0.4, -0.2) is 53.6 Å². The molecule has 0 amide bonds. The van der Waals surface area contributed by atoms with Crippen LogP contribution in [0, 0.1) is 0 Å². The predicted octanol–water partition coefficient (Wildman–Crippen LogP) is 0.224. The molecule has 0 saturated carbocycles. The molecule has 1 aromatic heterocycles. The first-order valence-electron chi connectivity index (χ1n) is 5.86. The molecular weight excluding hydrogens is 290 g/mol. The summed E-state index contributed by atoms with van der Waals surface area (Å²) in [7, 11) is -1.90. The van der Waals surface area contributed by atoms with Gasteiger partial charge in [-0.25, -0.2) is 13.1 Å². The molecule has 0 bridgehead atoms. The van der Waals surface area contributed by atoms with Crippen LogP contribution in [-0.2, 0) is 25.9 Å². The molecule has 1 aromatic rings. The molecule has 0 atom stereocenters. The molecule has 0 fully saturated rings. The number of methoxy groups -OCH3 is 1. The van der Waals surface area contributed by atoms with Gasteiger partial charge in [0.05, 0.1) is 19.8 Å². The molecular formula is C11H19NO5S2. The molecule has 1 heterocycles. The van der Waals surface area contributed by atoms with E-state index in [-0.39, 0.29) is 17.4 Å². The molecule has 0 unspecified atom stereocenters. The van der Waals surface area contributed by atoms with Gasteiger partial charge in [0.2, 0.25) is 10.0 Å². The summed E-state index contributed by atoms with van der Waals surface area (Å²) in [4.78, 5) is 0.846. The van der Waals surface area contributed by atoms with Gasteiger partial charge in [-0.1, -0.05) is 0 Å². The maximum Gasteiger partial charge on any atom is 0.250 e. The van der Waals surface area contributed by atoms with E-state index in [1.165, 1.54) is 11.3 Å². The van der Waals surface area contributed by atoms with Gasteiger partial charge in [-0.05, 0) is 12.1 Å². The number of thiophene rings is 1. The van der Waals surface area contributed by atoms with E-state index in [2.05, 4.69) is 4.72 Å². The van der Waals surface area contributed by atoms with E-state index in [0.717, 1.165) is 4.88 Å². The topological polar surface area (TPSA) is 84.9 Å². The number of nitrogens with one attached hydrogen (secondary N) is 1. The van der Waals surface area contributed by atoms with Gasteiger partial charge in [-0.2, -0.15) is 0 Å². The molecule has 0 spiro atoms. The highest BCUT2D eigenvalue weighted by molar-refractivity contribution is 7.91. The second kappa shape index (κ2) is 8.62. The van der Waals surface area contributed by atoms with Crippen LogP contribution in [0.25, 0.3) is 0 Å². The highest BCUT2D eigenvalue weighted by Crippen LogP contribution is 2.21. The maximum absolute atomic E-state index is 11.9. The third-order valence-electron chi connectivity index (χ3n) is 2.23. The van der Waals surface area contributed by atoms with E-state index in [9.17, 15) is 8.42 Å². The lowest BCUT2D eigenvalue weighted by Gasteiger charge is -2.05. The lowest BCUT2D eigenvalue weighted by atomic mass is 10.4. The van der Waals surface area contributed by atoms with Crippen molar-refractivity contribution in [2.24, 2.45) is 0 Å². The second-order valence-corrected chi connectivity index (χ2v) is 6.86. The number of rotatable bonds is 10. The number of ether oxygens (including phenoxy) is 2. The summed E-state index contributed by atoms with van der Waals surface area (Å²) < 4.78 is 36.5. The lowest BCUT2D eigenvalue weighted by Crippen LogP contribution is -2.27. The normalized spacial score (nSPS) is 11.9. The minimum atomic E-state index is -3.47. The van der Waals surface area contributed by atoms with Gasteiger partial charge in [0.25, 0.3) is 0 Å². The van der Waals surface area contributed by atoms with Crippen LogP contribution in [0.15, 0.2) is 16.3 Å². The third kappa shape index (κ3) is 5.98. The van der Waals surface area contributed by atoms with E-state index < -0.39 is 10.0 Å². The monoisotopic (exact) mass is 309 g/mol. The van der Waals surface area contributed by atoms with Gasteiger partial charge in [0.1, 0.15) is 4.21 Å². The standard InChI is InChI=1S/C11H19NO5S2/c1-16-8-9-17-7-5-12-19(14,15)11-3-2-10(18-11)4-6-13/h2-3,12-13H,4-9H2,1H3. The molecule has 0 aliphatic rings. The molecule has 0 aliphatic heterocycles. The van der Waals surface area contributed by atoms with E-state index >= 15 is 0 Å². The van der Waals surface area contributed by atoms with E-state index in [0.29, 0.717) is 26.2 Å². The van der Waals surface area contributed by atoms with Crippen LogP contribution >= 0.6 is 11.3 Å². The SMILES string of the molecule is COCCOCCNS(=O)(=O)c1ccc(CCO)s1. The van der Waals surface area contributed by atoms with Crippen LogP contribution in [0.4, 0.5) is 0 Å². The Morgan fingerprint density at radius 1 is 1.32 bits per heavy atom. The van der Waals surface area contributed by atoms with Gasteiger partial charge >= 0.3 is 0 Å². The lowest BCUT2D eigenvalue weighted by molar-refractivity contribution is 0.0736. The van der Waals surface area contributed by atoms with Gasteiger partial charge in [0, 0.05) is 31.6 Å². The minimum absolute atomic E-state index is 0.0147. The smallest absolute Gasteiger partial charge is 0.250 e. The Labute approximate surface area is 117 Å². The molecule has 6 nitrogen and oxygen atoms in total. The average Bonchev–Trinajstić information content (AvgIpc) is 2.83. The summed E-state index contributed by atoms with van der Waals surface area (Å²) in [5.74, 6) is 0. The summed E-state index contributed by atoms with van der Waals surface area (Å²) >= 11 is 1.17. The van der Waals surface area contributed by atoms with Crippen molar-refractivity contribution in [2.75, 3.05) is 40.1 Å². The summed E-state index contributed by atoms with van der Waals surface area (Å²) in [5.41, 5.74) is 0. The number of hydrogen-bond acceptors (Lipinski definition) is 6. The Bertz CT molecular complexity index is 457. The van der Waals surface area contributed by atoms with Gasteiger partial charge in [-0.15, -0.1) is 11.3 Å². The van der Waals surface area contributed by atoms with E-state index in [4.69, 9.17) is 14.6 Å². The zero-order valence-electron chi connectivity index (χ0n) is 10.8. The summed E-state index contributed by atoms with van der Waals surface area (Å²) in [5, 5.41) is 8.79. The van der Waals surface area contributed by atoms with Crippen molar-refractivity contribution in [1.82, 2.24) is 4.72 Å². The van der Waals surface area contributed by atoms with Crippen molar-refractivity contribution in [2.45, 2.75) is 10.6 Å². The maximum atomic E-state index is 11.9. The summed E-state index contributed by atoms with van der Waals surface area (Å²) in [6, 6.07) is 3.26. The van der Waals surface area contributed by atoms with Crippen molar-refractivity contribution in [3.05, 3.63) is 17.0 Å². The molecule has 0 radical (unpaired) electrons. The molecule has 8 heteroatoms. The number of sulfonamides is 1. The minimum Gasteiger partial charge on any atom is -0.396 e. The van der Waals surface area contributed by atoms with Gasteiger partial charge in [0.15, 0.2) is 0 Å². The van der Waals surface area contributed by atoms with Crippen LogP contribution in [0.1, 0.15) is 4.88 Å². The van der Waals surface area contributed by atoms with Crippen LogP contribution < -0.4 is 4.72 Å². The van der Waals surface area contributed by atoms with Crippen LogP contribution in [0.2, 0.25) is 0 Å². The average molecular weight is 309 g/mol. The Kier molecular flexibility index (Phi) is 7.51. The third-order valence-corrected chi connectivity index (χ3v) is 5.33. The quantitative estimate of drug-likeness (QED) is 0.604. The molecule has 0 aromatic carbocycles. The molecule has 0 aliphatic carbocycles. The first-order valence-corrected chi connectivity index (χ1v) is 8.16. The van der Waals surface area contributed by atoms with E-state index in [1.54, 1.807) is 19.2 Å². The summed E-state index contributed by atoms with van der Waals surface area (Å²) in [6.45, 7) is 1.47. The first kappa shape index (κ1) is 16.5.